The Hall–Kier alpha value is -3.18. The lowest BCUT2D eigenvalue weighted by atomic mass is 10.0. The molecule has 0 saturated heterocycles. The zero-order chi connectivity index (χ0) is 20.5. The Balaban J connectivity index is 1.54. The molecule has 0 aliphatic rings. The van der Waals surface area contributed by atoms with E-state index in [4.69, 9.17) is 5.73 Å². The van der Waals surface area contributed by atoms with Crippen molar-refractivity contribution in [3.8, 4) is 0 Å². The zero-order valence-corrected chi connectivity index (χ0v) is 16.5. The van der Waals surface area contributed by atoms with E-state index in [1.807, 2.05) is 72.8 Å². The van der Waals surface area contributed by atoms with Gasteiger partial charge < -0.3 is 16.0 Å². The van der Waals surface area contributed by atoms with Gasteiger partial charge in [0.25, 0.3) is 0 Å². The number of nitrogens with zero attached hydrogens (tertiary/aromatic N) is 1. The fraction of sp³-hybridized carbons (Fsp3) is 0.250. The van der Waals surface area contributed by atoms with E-state index in [2.05, 4.69) is 5.32 Å². The van der Waals surface area contributed by atoms with E-state index in [1.54, 1.807) is 4.90 Å². The summed E-state index contributed by atoms with van der Waals surface area (Å²) in [5.74, 6) is -0.275. The molecule has 3 aromatic rings. The lowest BCUT2D eigenvalue weighted by Crippen LogP contribution is -2.43. The molecule has 0 heterocycles. The maximum atomic E-state index is 12.6. The molecule has 0 aliphatic carbocycles. The highest BCUT2D eigenvalue weighted by Gasteiger charge is 2.14. The zero-order valence-electron chi connectivity index (χ0n) is 16.5. The first-order chi connectivity index (χ1) is 14.2. The van der Waals surface area contributed by atoms with Crippen LogP contribution in [0.3, 0.4) is 0 Å². The molecule has 0 fully saturated rings. The molecule has 0 unspecified atom stereocenters. The Morgan fingerprint density at radius 1 is 0.862 bits per heavy atom. The third-order valence-corrected chi connectivity index (χ3v) is 4.93. The number of hydrogen-bond acceptors (Lipinski definition) is 3. The molecule has 5 heteroatoms. The fourth-order valence-corrected chi connectivity index (χ4v) is 3.39. The molecule has 0 bridgehead atoms. The highest BCUT2D eigenvalue weighted by atomic mass is 16.2. The van der Waals surface area contributed by atoms with Crippen LogP contribution in [0.2, 0.25) is 0 Å². The summed E-state index contributed by atoms with van der Waals surface area (Å²) in [4.78, 5) is 26.7. The molecule has 0 saturated carbocycles. The smallest absolute Gasteiger partial charge is 0.242 e. The highest BCUT2D eigenvalue weighted by molar-refractivity contribution is 5.91. The first-order valence-electron chi connectivity index (χ1n) is 9.92. The molecule has 0 radical (unpaired) electrons. The van der Waals surface area contributed by atoms with Gasteiger partial charge in [0.1, 0.15) is 0 Å². The Kier molecular flexibility index (Phi) is 7.36. The van der Waals surface area contributed by atoms with Gasteiger partial charge in [-0.2, -0.15) is 0 Å². The van der Waals surface area contributed by atoms with Crippen LogP contribution in [0.4, 0.5) is 0 Å². The van der Waals surface area contributed by atoms with Crippen molar-refractivity contribution >= 4 is 22.6 Å². The molecule has 0 atom stereocenters. The van der Waals surface area contributed by atoms with E-state index in [-0.39, 0.29) is 24.8 Å². The number of rotatable bonds is 9. The van der Waals surface area contributed by atoms with Gasteiger partial charge in [0.05, 0.1) is 13.0 Å². The van der Waals surface area contributed by atoms with Crippen molar-refractivity contribution in [2.24, 2.45) is 5.73 Å². The first kappa shape index (κ1) is 20.6. The predicted octanol–water partition coefficient (Wildman–Crippen LogP) is 2.53. The van der Waals surface area contributed by atoms with Gasteiger partial charge in [0.2, 0.25) is 11.8 Å². The van der Waals surface area contributed by atoms with E-state index in [0.717, 1.165) is 22.8 Å². The number of amides is 2. The van der Waals surface area contributed by atoms with Gasteiger partial charge in [0, 0.05) is 19.6 Å². The molecule has 2 amide bonds. The average molecular weight is 389 g/mol. The van der Waals surface area contributed by atoms with Crippen LogP contribution in [-0.2, 0) is 22.4 Å². The number of benzene rings is 3. The lowest BCUT2D eigenvalue weighted by molar-refractivity contribution is -0.132. The summed E-state index contributed by atoms with van der Waals surface area (Å²) in [7, 11) is 0. The Morgan fingerprint density at radius 2 is 1.59 bits per heavy atom. The maximum absolute atomic E-state index is 12.6. The number of nitrogens with one attached hydrogen (secondary N) is 1. The number of carbonyl (C=O) groups excluding carboxylic acids is 2. The number of nitrogens with two attached hydrogens (primary N) is 1. The van der Waals surface area contributed by atoms with Gasteiger partial charge in [-0.25, -0.2) is 0 Å². The summed E-state index contributed by atoms with van der Waals surface area (Å²) in [6.45, 7) is 1.44. The van der Waals surface area contributed by atoms with E-state index in [1.165, 1.54) is 5.56 Å². The minimum atomic E-state index is -0.162. The number of carbonyl (C=O) groups is 2. The molecule has 150 valence electrons. The van der Waals surface area contributed by atoms with E-state index >= 15 is 0 Å². The second kappa shape index (κ2) is 10.4. The van der Waals surface area contributed by atoms with Gasteiger partial charge >= 0.3 is 0 Å². The first-order valence-corrected chi connectivity index (χ1v) is 9.92. The Bertz CT molecular complexity index is 951. The molecular formula is C24H27N3O2. The van der Waals surface area contributed by atoms with Crippen LogP contribution in [0, 0.1) is 0 Å². The van der Waals surface area contributed by atoms with Gasteiger partial charge in [-0.3, -0.25) is 9.59 Å². The summed E-state index contributed by atoms with van der Waals surface area (Å²) < 4.78 is 0. The third-order valence-electron chi connectivity index (χ3n) is 4.93. The molecule has 0 aliphatic heterocycles. The second-order valence-electron chi connectivity index (χ2n) is 7.00. The van der Waals surface area contributed by atoms with Crippen molar-refractivity contribution in [3.05, 3.63) is 83.9 Å². The Morgan fingerprint density at radius 3 is 2.38 bits per heavy atom. The van der Waals surface area contributed by atoms with Gasteiger partial charge in [-0.05, 0) is 28.3 Å². The topological polar surface area (TPSA) is 75.4 Å². The van der Waals surface area contributed by atoms with Crippen LogP contribution in [-0.4, -0.2) is 42.9 Å². The van der Waals surface area contributed by atoms with E-state index in [0.29, 0.717) is 19.6 Å². The summed E-state index contributed by atoms with van der Waals surface area (Å²) in [5.41, 5.74) is 7.79. The van der Waals surface area contributed by atoms with Crippen LogP contribution < -0.4 is 11.1 Å². The molecule has 3 rings (SSSR count). The van der Waals surface area contributed by atoms with Crippen molar-refractivity contribution in [1.29, 1.82) is 0 Å². The summed E-state index contributed by atoms with van der Waals surface area (Å²) in [5, 5.41) is 4.92. The number of fused-ring (bicyclic) bond motifs is 1. The van der Waals surface area contributed by atoms with E-state index in [9.17, 15) is 9.59 Å². The Labute approximate surface area is 171 Å². The van der Waals surface area contributed by atoms with Crippen molar-refractivity contribution in [3.63, 3.8) is 0 Å². The van der Waals surface area contributed by atoms with Crippen LogP contribution >= 0.6 is 0 Å². The van der Waals surface area contributed by atoms with Gasteiger partial charge in [-0.1, -0.05) is 72.8 Å². The minimum Gasteiger partial charge on any atom is -0.347 e. The predicted molar refractivity (Wildman–Crippen MR) is 116 cm³/mol. The third kappa shape index (κ3) is 5.90. The van der Waals surface area contributed by atoms with Crippen molar-refractivity contribution < 1.29 is 9.59 Å². The standard InChI is InChI=1S/C24H27N3O2/c25-14-16-27(15-13-19-7-2-1-3-8-19)24(29)18-26-23(28)17-21-11-6-10-20-9-4-5-12-22(20)21/h1-12H,13-18,25H2,(H,26,28). The van der Waals surface area contributed by atoms with Crippen LogP contribution in [0.25, 0.3) is 10.8 Å². The summed E-state index contributed by atoms with van der Waals surface area (Å²) in [6, 6.07) is 23.9. The minimum absolute atomic E-state index is 0.0155. The average Bonchev–Trinajstić information content (AvgIpc) is 2.76. The maximum Gasteiger partial charge on any atom is 0.242 e. The van der Waals surface area contributed by atoms with Crippen LogP contribution in [0.1, 0.15) is 11.1 Å². The monoisotopic (exact) mass is 389 g/mol. The molecular weight excluding hydrogens is 362 g/mol. The van der Waals surface area contributed by atoms with Crippen LogP contribution in [0.5, 0.6) is 0 Å². The van der Waals surface area contributed by atoms with Gasteiger partial charge in [0.15, 0.2) is 0 Å². The summed E-state index contributed by atoms with van der Waals surface area (Å²) >= 11 is 0. The molecule has 29 heavy (non-hydrogen) atoms. The normalized spacial score (nSPS) is 10.7. The molecule has 3 N–H and O–H groups in total. The lowest BCUT2D eigenvalue weighted by Gasteiger charge is -2.22. The van der Waals surface area contributed by atoms with Crippen molar-refractivity contribution in [2.45, 2.75) is 12.8 Å². The van der Waals surface area contributed by atoms with Crippen molar-refractivity contribution in [2.75, 3.05) is 26.2 Å². The SMILES string of the molecule is NCCN(CCc1ccccc1)C(=O)CNC(=O)Cc1cccc2ccccc12. The fourth-order valence-electron chi connectivity index (χ4n) is 3.39. The summed E-state index contributed by atoms with van der Waals surface area (Å²) in [6.07, 6.45) is 1.01. The molecule has 3 aromatic carbocycles. The largest absolute Gasteiger partial charge is 0.347 e. The molecule has 5 nitrogen and oxygen atoms in total. The van der Waals surface area contributed by atoms with Crippen LogP contribution in [0.15, 0.2) is 72.8 Å². The quantitative estimate of drug-likeness (QED) is 0.591. The molecule has 0 spiro atoms. The van der Waals surface area contributed by atoms with Crippen molar-refractivity contribution in [1.82, 2.24) is 10.2 Å². The second-order valence-corrected chi connectivity index (χ2v) is 7.00. The van der Waals surface area contributed by atoms with E-state index < -0.39 is 0 Å². The highest BCUT2D eigenvalue weighted by Crippen LogP contribution is 2.18. The molecule has 0 aromatic heterocycles. The number of hydrogen-bond donors (Lipinski definition) is 2. The van der Waals surface area contributed by atoms with Gasteiger partial charge in [-0.15, -0.1) is 0 Å².